The van der Waals surface area contributed by atoms with Crippen LogP contribution in [-0.4, -0.2) is 26.1 Å². The van der Waals surface area contributed by atoms with E-state index in [0.29, 0.717) is 11.2 Å². The van der Waals surface area contributed by atoms with Crippen molar-refractivity contribution in [2.75, 3.05) is 5.32 Å². The highest BCUT2D eigenvalue weighted by Gasteiger charge is 2.31. The van der Waals surface area contributed by atoms with E-state index >= 15 is 0 Å². The van der Waals surface area contributed by atoms with Gasteiger partial charge in [-0.05, 0) is 42.5 Å². The minimum absolute atomic E-state index is 0.104. The number of nitrogens with one attached hydrogen (secondary N) is 1. The quantitative estimate of drug-likeness (QED) is 0.251. The maximum Gasteiger partial charge on any atom is 0.573 e. The summed E-state index contributed by atoms with van der Waals surface area (Å²) in [6.07, 6.45) is -4.87. The van der Waals surface area contributed by atoms with Crippen molar-refractivity contribution in [2.45, 2.75) is 6.36 Å². The number of azo groups is 1. The van der Waals surface area contributed by atoms with Crippen LogP contribution in [0.15, 0.2) is 52.7 Å². The number of thiocarbonyl (C=S) groups is 1. The van der Waals surface area contributed by atoms with Crippen molar-refractivity contribution in [3.05, 3.63) is 52.6 Å². The lowest BCUT2D eigenvalue weighted by Crippen LogP contribution is -2.16. The number of nitrogens with zero attached hydrogens (tertiary/aromatic N) is 4. The van der Waals surface area contributed by atoms with Crippen molar-refractivity contribution in [2.24, 2.45) is 17.3 Å². The summed E-state index contributed by atoms with van der Waals surface area (Å²) in [7, 11) is 1.49. The van der Waals surface area contributed by atoms with Gasteiger partial charge in [-0.2, -0.15) is 0 Å². The van der Waals surface area contributed by atoms with E-state index in [1.54, 1.807) is 0 Å². The zero-order valence-corrected chi connectivity index (χ0v) is 15.9. The zero-order chi connectivity index (χ0) is 22.1. The van der Waals surface area contributed by atoms with E-state index in [4.69, 9.17) is 12.2 Å². The van der Waals surface area contributed by atoms with E-state index in [1.165, 1.54) is 41.9 Å². The fourth-order valence-electron chi connectivity index (χ4n) is 2.60. The van der Waals surface area contributed by atoms with Gasteiger partial charge in [-0.15, -0.1) is 23.4 Å². The predicted molar refractivity (Wildman–Crippen MR) is 105 cm³/mol. The Bertz CT molecular complexity index is 1160. The summed E-state index contributed by atoms with van der Waals surface area (Å²) in [6.45, 7) is 0. The minimum atomic E-state index is -4.87. The molecule has 0 saturated heterocycles. The predicted octanol–water partition coefficient (Wildman–Crippen LogP) is 5.17. The third-order valence-corrected chi connectivity index (χ3v) is 4.10. The van der Waals surface area contributed by atoms with Crippen LogP contribution in [0.3, 0.4) is 0 Å². The molecule has 0 fully saturated rings. The van der Waals surface area contributed by atoms with Crippen LogP contribution in [0.5, 0.6) is 11.6 Å². The number of alkyl halides is 3. The zero-order valence-electron chi connectivity index (χ0n) is 15.0. The maximum atomic E-state index is 12.5. The summed E-state index contributed by atoms with van der Waals surface area (Å²) in [5.74, 6) is -0.820. The molecule has 0 amide bonds. The summed E-state index contributed by atoms with van der Waals surface area (Å²) in [4.78, 5) is 10.1. The molecular formula is C17H12F3N5O4S. The number of anilines is 1. The smallest absolute Gasteiger partial charge is 0.493 e. The topological polar surface area (TPSA) is 114 Å². The molecule has 13 heteroatoms. The van der Waals surface area contributed by atoms with Gasteiger partial charge in [0.05, 0.1) is 10.4 Å². The van der Waals surface area contributed by atoms with E-state index in [0.717, 1.165) is 12.1 Å². The van der Waals surface area contributed by atoms with E-state index in [9.17, 15) is 28.4 Å². The molecule has 0 saturated carbocycles. The number of benzene rings is 2. The number of hydrogen-bond acceptors (Lipinski definition) is 6. The lowest BCUT2D eigenvalue weighted by molar-refractivity contribution is -0.384. The molecule has 3 rings (SSSR count). The van der Waals surface area contributed by atoms with Crippen LogP contribution in [-0.2, 0) is 7.05 Å². The Hall–Kier alpha value is -3.74. The summed E-state index contributed by atoms with van der Waals surface area (Å²) in [5, 5.41) is 31.2. The van der Waals surface area contributed by atoms with Crippen LogP contribution >= 0.6 is 12.2 Å². The highest BCUT2D eigenvalue weighted by atomic mass is 32.1. The summed E-state index contributed by atoms with van der Waals surface area (Å²) < 4.78 is 42.6. The van der Waals surface area contributed by atoms with Gasteiger partial charge in [0.1, 0.15) is 5.75 Å². The fraction of sp³-hybridized carbons (Fsp3) is 0.118. The molecule has 1 aromatic heterocycles. The van der Waals surface area contributed by atoms with Crippen molar-refractivity contribution >= 4 is 45.3 Å². The number of aromatic nitrogens is 1. The standard InChI is InChI=1S/C17H12F3N5O4S/c1-24-13-7-6-11(29-17(18,19)20)8-12(13)14(15(24)26)22-23-16(30)21-9-2-4-10(5-3-9)25(27)28/h2-8,26H,1H3,(H,21,30). The molecule has 0 radical (unpaired) electrons. The molecule has 0 aliphatic carbocycles. The van der Waals surface area contributed by atoms with Crippen LogP contribution in [0.1, 0.15) is 0 Å². The van der Waals surface area contributed by atoms with Crippen LogP contribution in [0.2, 0.25) is 0 Å². The summed E-state index contributed by atoms with van der Waals surface area (Å²) >= 11 is 5.02. The largest absolute Gasteiger partial charge is 0.573 e. The van der Waals surface area contributed by atoms with Crippen LogP contribution in [0, 0.1) is 10.1 Å². The highest BCUT2D eigenvalue weighted by molar-refractivity contribution is 7.80. The summed E-state index contributed by atoms with van der Waals surface area (Å²) in [6, 6.07) is 8.87. The van der Waals surface area contributed by atoms with E-state index in [-0.39, 0.29) is 27.8 Å². The number of rotatable bonds is 4. The van der Waals surface area contributed by atoms with Crippen molar-refractivity contribution in [3.63, 3.8) is 0 Å². The summed E-state index contributed by atoms with van der Waals surface area (Å²) in [5.41, 5.74) is 0.594. The first-order valence-electron chi connectivity index (χ1n) is 8.09. The number of aryl methyl sites for hydroxylation is 1. The Balaban J connectivity index is 1.85. The molecule has 0 unspecified atom stereocenters. The number of ether oxygens (including phenoxy) is 1. The lowest BCUT2D eigenvalue weighted by atomic mass is 10.2. The Morgan fingerprint density at radius 2 is 1.93 bits per heavy atom. The van der Waals surface area contributed by atoms with Gasteiger partial charge >= 0.3 is 6.36 Å². The van der Waals surface area contributed by atoms with Gasteiger partial charge in [0, 0.05) is 30.3 Å². The number of halogens is 3. The molecule has 0 atom stereocenters. The second kappa shape index (κ2) is 7.94. The lowest BCUT2D eigenvalue weighted by Gasteiger charge is -2.08. The number of hydrogen-bond donors (Lipinski definition) is 2. The first-order chi connectivity index (χ1) is 14.0. The van der Waals surface area contributed by atoms with Gasteiger partial charge < -0.3 is 19.7 Å². The van der Waals surface area contributed by atoms with E-state index in [2.05, 4.69) is 20.3 Å². The van der Waals surface area contributed by atoms with Gasteiger partial charge in [0.15, 0.2) is 5.69 Å². The molecule has 2 aromatic carbocycles. The normalized spacial score (nSPS) is 11.7. The van der Waals surface area contributed by atoms with Gasteiger partial charge in [-0.3, -0.25) is 10.1 Å². The molecule has 1 heterocycles. The van der Waals surface area contributed by atoms with Crippen molar-refractivity contribution in [1.29, 1.82) is 0 Å². The number of nitro groups is 1. The molecule has 3 aromatic rings. The maximum absolute atomic E-state index is 12.5. The number of aromatic hydroxyl groups is 1. The molecule has 0 aliphatic heterocycles. The average molecular weight is 439 g/mol. The molecule has 0 aliphatic rings. The highest BCUT2D eigenvalue weighted by Crippen LogP contribution is 2.40. The van der Waals surface area contributed by atoms with Crippen molar-refractivity contribution in [3.8, 4) is 11.6 Å². The minimum Gasteiger partial charge on any atom is -0.493 e. The third-order valence-electron chi connectivity index (χ3n) is 3.92. The second-order valence-electron chi connectivity index (χ2n) is 5.89. The van der Waals surface area contributed by atoms with E-state index < -0.39 is 17.0 Å². The Labute approximate surface area is 171 Å². The first-order valence-corrected chi connectivity index (χ1v) is 8.50. The fourth-order valence-corrected chi connectivity index (χ4v) is 2.76. The first kappa shape index (κ1) is 21.0. The molecule has 156 valence electrons. The van der Waals surface area contributed by atoms with Gasteiger partial charge in [0.25, 0.3) is 5.69 Å². The molecule has 0 spiro atoms. The van der Waals surface area contributed by atoms with E-state index in [1.807, 2.05) is 0 Å². The number of nitro benzene ring substituents is 1. The molecular weight excluding hydrogens is 427 g/mol. The monoisotopic (exact) mass is 439 g/mol. The average Bonchev–Trinajstić information content (AvgIpc) is 2.89. The molecule has 9 nitrogen and oxygen atoms in total. The molecule has 2 N–H and O–H groups in total. The SMILES string of the molecule is Cn1c(O)c(N=NC(=S)Nc2ccc([N+](=O)[O-])cc2)c2cc(OC(F)(F)F)ccc21. The van der Waals surface area contributed by atoms with Gasteiger partial charge in [0.2, 0.25) is 11.0 Å². The number of non-ortho nitro benzene ring substituents is 1. The molecule has 0 bridgehead atoms. The van der Waals surface area contributed by atoms with Crippen LogP contribution < -0.4 is 10.1 Å². The Morgan fingerprint density at radius 3 is 2.53 bits per heavy atom. The number of fused-ring (bicyclic) bond motifs is 1. The Morgan fingerprint density at radius 1 is 1.27 bits per heavy atom. The second-order valence-corrected chi connectivity index (χ2v) is 6.28. The van der Waals surface area contributed by atoms with Gasteiger partial charge in [-0.25, -0.2) is 0 Å². The van der Waals surface area contributed by atoms with Crippen molar-refractivity contribution < 1.29 is 27.9 Å². The van der Waals surface area contributed by atoms with Gasteiger partial charge in [-0.1, -0.05) is 0 Å². The van der Waals surface area contributed by atoms with Crippen LogP contribution in [0.25, 0.3) is 10.9 Å². The molecule has 30 heavy (non-hydrogen) atoms. The Kier molecular flexibility index (Phi) is 5.56. The van der Waals surface area contributed by atoms with Crippen molar-refractivity contribution in [1.82, 2.24) is 4.57 Å². The van der Waals surface area contributed by atoms with Crippen LogP contribution in [0.4, 0.5) is 30.2 Å². The third kappa shape index (κ3) is 4.63.